The number of benzene rings is 1. The zero-order valence-corrected chi connectivity index (χ0v) is 10.5. The third-order valence-electron chi connectivity index (χ3n) is 2.60. The Balaban J connectivity index is 2.06. The number of rotatable bonds is 5. The van der Waals surface area contributed by atoms with Crippen LogP contribution in [0.3, 0.4) is 0 Å². The van der Waals surface area contributed by atoms with E-state index in [4.69, 9.17) is 4.74 Å². The lowest BCUT2D eigenvalue weighted by molar-refractivity contribution is 0.101. The summed E-state index contributed by atoms with van der Waals surface area (Å²) in [5, 5.41) is 4.06. The standard InChI is InChI=1S/C13H15N3O2/c1-3-16-13(14-9-15-16)8-18-12-6-4-5-11(7-12)10(2)17/h4-7,9H,3,8H2,1-2H3. The number of aryl methyl sites for hydroxylation is 1. The number of nitrogens with zero attached hydrogens (tertiary/aromatic N) is 3. The molecule has 0 saturated heterocycles. The van der Waals surface area contributed by atoms with Crippen molar-refractivity contribution in [3.63, 3.8) is 0 Å². The van der Waals surface area contributed by atoms with Crippen molar-refractivity contribution in [2.45, 2.75) is 27.0 Å². The van der Waals surface area contributed by atoms with E-state index in [2.05, 4.69) is 10.1 Å². The van der Waals surface area contributed by atoms with Gasteiger partial charge in [-0.25, -0.2) is 9.67 Å². The van der Waals surface area contributed by atoms with Crippen LogP contribution in [0, 0.1) is 0 Å². The summed E-state index contributed by atoms with van der Waals surface area (Å²) >= 11 is 0. The zero-order chi connectivity index (χ0) is 13.0. The molecule has 0 unspecified atom stereocenters. The van der Waals surface area contributed by atoms with Gasteiger partial charge in [0.05, 0.1) is 0 Å². The topological polar surface area (TPSA) is 57.0 Å². The van der Waals surface area contributed by atoms with Crippen molar-refractivity contribution in [1.82, 2.24) is 14.8 Å². The van der Waals surface area contributed by atoms with E-state index in [1.807, 2.05) is 13.0 Å². The first-order valence-electron chi connectivity index (χ1n) is 5.81. The number of hydrogen-bond donors (Lipinski definition) is 0. The fraction of sp³-hybridized carbons (Fsp3) is 0.308. The highest BCUT2D eigenvalue weighted by Crippen LogP contribution is 2.15. The van der Waals surface area contributed by atoms with Crippen LogP contribution in [0.15, 0.2) is 30.6 Å². The molecule has 0 aliphatic carbocycles. The van der Waals surface area contributed by atoms with E-state index in [-0.39, 0.29) is 5.78 Å². The molecular formula is C13H15N3O2. The summed E-state index contributed by atoms with van der Waals surface area (Å²) in [6.07, 6.45) is 1.51. The van der Waals surface area contributed by atoms with Crippen LogP contribution in [0.1, 0.15) is 30.0 Å². The van der Waals surface area contributed by atoms with Crippen molar-refractivity contribution < 1.29 is 9.53 Å². The molecule has 0 aliphatic heterocycles. The lowest BCUT2D eigenvalue weighted by Crippen LogP contribution is -2.07. The molecule has 0 radical (unpaired) electrons. The van der Waals surface area contributed by atoms with Crippen molar-refractivity contribution in [2.75, 3.05) is 0 Å². The van der Waals surface area contributed by atoms with E-state index in [0.717, 1.165) is 12.4 Å². The largest absolute Gasteiger partial charge is 0.486 e. The first-order valence-corrected chi connectivity index (χ1v) is 5.81. The molecule has 94 valence electrons. The van der Waals surface area contributed by atoms with Gasteiger partial charge in [0.15, 0.2) is 11.6 Å². The number of ketones is 1. The van der Waals surface area contributed by atoms with Gasteiger partial charge in [-0.3, -0.25) is 4.79 Å². The minimum atomic E-state index is 0.0252. The maximum absolute atomic E-state index is 11.2. The Kier molecular flexibility index (Phi) is 3.72. The average Bonchev–Trinajstić information content (AvgIpc) is 2.84. The van der Waals surface area contributed by atoms with Crippen LogP contribution >= 0.6 is 0 Å². The van der Waals surface area contributed by atoms with Crippen molar-refractivity contribution in [3.05, 3.63) is 42.0 Å². The third-order valence-corrected chi connectivity index (χ3v) is 2.60. The molecule has 0 saturated carbocycles. The fourth-order valence-electron chi connectivity index (χ4n) is 1.62. The summed E-state index contributed by atoms with van der Waals surface area (Å²) in [5.74, 6) is 1.45. The van der Waals surface area contributed by atoms with Gasteiger partial charge in [-0.05, 0) is 26.0 Å². The Morgan fingerprint density at radius 3 is 3.00 bits per heavy atom. The Morgan fingerprint density at radius 2 is 2.28 bits per heavy atom. The van der Waals surface area contributed by atoms with Gasteiger partial charge in [-0.1, -0.05) is 12.1 Å². The fourth-order valence-corrected chi connectivity index (χ4v) is 1.62. The van der Waals surface area contributed by atoms with E-state index in [9.17, 15) is 4.79 Å². The van der Waals surface area contributed by atoms with Gasteiger partial charge < -0.3 is 4.74 Å². The first-order chi connectivity index (χ1) is 8.70. The summed E-state index contributed by atoms with van der Waals surface area (Å²) in [7, 11) is 0. The molecule has 1 aromatic heterocycles. The number of hydrogen-bond acceptors (Lipinski definition) is 4. The second kappa shape index (κ2) is 5.44. The van der Waals surface area contributed by atoms with Crippen molar-refractivity contribution in [3.8, 4) is 5.75 Å². The van der Waals surface area contributed by atoms with E-state index in [0.29, 0.717) is 17.9 Å². The van der Waals surface area contributed by atoms with Crippen molar-refractivity contribution >= 4 is 5.78 Å². The van der Waals surface area contributed by atoms with Crippen LogP contribution in [0.25, 0.3) is 0 Å². The maximum Gasteiger partial charge on any atom is 0.164 e. The highest BCUT2D eigenvalue weighted by molar-refractivity contribution is 5.94. The predicted octanol–water partition coefficient (Wildman–Crippen LogP) is 2.08. The van der Waals surface area contributed by atoms with Gasteiger partial charge in [0.25, 0.3) is 0 Å². The lowest BCUT2D eigenvalue weighted by Gasteiger charge is -2.07. The number of carbonyl (C=O) groups is 1. The van der Waals surface area contributed by atoms with Crippen LogP contribution in [-0.2, 0) is 13.2 Å². The molecule has 18 heavy (non-hydrogen) atoms. The second-order valence-corrected chi connectivity index (χ2v) is 3.86. The molecule has 0 amide bonds. The molecule has 1 aromatic carbocycles. The van der Waals surface area contributed by atoms with Crippen LogP contribution in [0.5, 0.6) is 5.75 Å². The maximum atomic E-state index is 11.2. The molecule has 2 rings (SSSR count). The summed E-state index contributed by atoms with van der Waals surface area (Å²) in [5.41, 5.74) is 0.643. The molecule has 0 spiro atoms. The van der Waals surface area contributed by atoms with Gasteiger partial charge in [-0.2, -0.15) is 5.10 Å². The molecule has 2 aromatic rings. The van der Waals surface area contributed by atoms with Gasteiger partial charge in [0.2, 0.25) is 0 Å². The minimum absolute atomic E-state index is 0.0252. The monoisotopic (exact) mass is 245 g/mol. The molecular weight excluding hydrogens is 230 g/mol. The predicted molar refractivity (Wildman–Crippen MR) is 66.5 cm³/mol. The van der Waals surface area contributed by atoms with Crippen LogP contribution in [0.2, 0.25) is 0 Å². The lowest BCUT2D eigenvalue weighted by atomic mass is 10.1. The van der Waals surface area contributed by atoms with Gasteiger partial charge >= 0.3 is 0 Å². The SMILES string of the molecule is CCn1ncnc1COc1cccc(C(C)=O)c1. The Labute approximate surface area is 105 Å². The highest BCUT2D eigenvalue weighted by atomic mass is 16.5. The highest BCUT2D eigenvalue weighted by Gasteiger charge is 2.05. The minimum Gasteiger partial charge on any atom is -0.486 e. The van der Waals surface area contributed by atoms with Crippen molar-refractivity contribution in [2.24, 2.45) is 0 Å². The Bertz CT molecular complexity index is 549. The molecule has 0 fully saturated rings. The van der Waals surface area contributed by atoms with E-state index < -0.39 is 0 Å². The molecule has 1 heterocycles. The number of carbonyl (C=O) groups excluding carboxylic acids is 1. The molecule has 5 nitrogen and oxygen atoms in total. The number of Topliss-reactive ketones (excluding diaryl/α,β-unsaturated/α-hetero) is 1. The first kappa shape index (κ1) is 12.3. The Morgan fingerprint density at radius 1 is 1.44 bits per heavy atom. The molecule has 0 N–H and O–H groups in total. The van der Waals surface area contributed by atoms with Gasteiger partial charge in [-0.15, -0.1) is 0 Å². The zero-order valence-electron chi connectivity index (χ0n) is 10.5. The average molecular weight is 245 g/mol. The van der Waals surface area contributed by atoms with Gasteiger partial charge in [0.1, 0.15) is 18.7 Å². The molecule has 0 aliphatic rings. The summed E-state index contributed by atoms with van der Waals surface area (Å²) in [6, 6.07) is 7.12. The third kappa shape index (κ3) is 2.74. The van der Waals surface area contributed by atoms with Crippen LogP contribution < -0.4 is 4.74 Å². The molecule has 5 heteroatoms. The van der Waals surface area contributed by atoms with E-state index >= 15 is 0 Å². The summed E-state index contributed by atoms with van der Waals surface area (Å²) < 4.78 is 7.38. The quantitative estimate of drug-likeness (QED) is 0.757. The number of aromatic nitrogens is 3. The van der Waals surface area contributed by atoms with Gasteiger partial charge in [0, 0.05) is 12.1 Å². The normalized spacial score (nSPS) is 10.3. The number of ether oxygens (including phenoxy) is 1. The molecule has 0 bridgehead atoms. The smallest absolute Gasteiger partial charge is 0.164 e. The molecule has 0 atom stereocenters. The summed E-state index contributed by atoms with van der Waals surface area (Å²) in [6.45, 7) is 4.63. The van der Waals surface area contributed by atoms with Crippen LogP contribution in [-0.4, -0.2) is 20.5 Å². The Hall–Kier alpha value is -2.17. The second-order valence-electron chi connectivity index (χ2n) is 3.86. The van der Waals surface area contributed by atoms with E-state index in [1.54, 1.807) is 22.9 Å². The van der Waals surface area contributed by atoms with Crippen LogP contribution in [0.4, 0.5) is 0 Å². The van der Waals surface area contributed by atoms with Crippen molar-refractivity contribution in [1.29, 1.82) is 0 Å². The summed E-state index contributed by atoms with van der Waals surface area (Å²) in [4.78, 5) is 15.4. The van der Waals surface area contributed by atoms with E-state index in [1.165, 1.54) is 13.3 Å².